The van der Waals surface area contributed by atoms with Gasteiger partial charge in [-0.25, -0.2) is 18.5 Å². The molecule has 1 aromatic rings. The van der Waals surface area contributed by atoms with Gasteiger partial charge in [0.05, 0.1) is 12.7 Å². The van der Waals surface area contributed by atoms with Gasteiger partial charge in [-0.2, -0.15) is 8.62 Å². The highest BCUT2D eigenvalue weighted by atomic mass is 31.3. The molecule has 5 atom stereocenters. The molecule has 0 bridgehead atoms. The summed E-state index contributed by atoms with van der Waals surface area (Å²) in [6.45, 7) is 1.42. The molecule has 1 saturated heterocycles. The average Bonchev–Trinajstić information content (AvgIpc) is 3.08. The van der Waals surface area contributed by atoms with Crippen molar-refractivity contribution in [2.75, 3.05) is 6.61 Å². The molecule has 1 aliphatic rings. The number of azide groups is 1. The van der Waals surface area contributed by atoms with Gasteiger partial charge in [0.15, 0.2) is 0 Å². The van der Waals surface area contributed by atoms with Gasteiger partial charge in [-0.3, -0.25) is 18.9 Å². The minimum atomic E-state index is -5.80. The van der Waals surface area contributed by atoms with Crippen molar-refractivity contribution >= 4 is 23.5 Å². The second kappa shape index (κ2) is 11.6. The molecule has 22 nitrogen and oxygen atoms in total. The number of phosphoric ester groups is 1. The van der Waals surface area contributed by atoms with Crippen LogP contribution in [-0.2, 0) is 36.3 Å². The second-order valence-electron chi connectivity index (χ2n) is 7.20. The number of aromatic amines is 1. The van der Waals surface area contributed by atoms with Gasteiger partial charge in [0, 0.05) is 28.0 Å². The van der Waals surface area contributed by atoms with Crippen molar-refractivity contribution in [2.24, 2.45) is 10.2 Å². The smallest absolute Gasteiger partial charge is 0.357 e. The van der Waals surface area contributed by atoms with Gasteiger partial charge in [0.1, 0.15) is 12.3 Å². The highest BCUT2D eigenvalue weighted by molar-refractivity contribution is 7.66. The summed E-state index contributed by atoms with van der Waals surface area (Å²) in [5.74, 6) is -2.20. The van der Waals surface area contributed by atoms with E-state index in [0.29, 0.717) is 0 Å². The van der Waals surface area contributed by atoms with E-state index >= 15 is 0 Å². The summed E-state index contributed by atoms with van der Waals surface area (Å²) < 4.78 is 58.1. The maximum atomic E-state index is 12.3. The van der Waals surface area contributed by atoms with Crippen LogP contribution in [0.5, 0.6) is 0 Å². The number of H-pyrrole nitrogens is 1. The van der Waals surface area contributed by atoms with Crippen LogP contribution in [0.4, 0.5) is 0 Å². The van der Waals surface area contributed by atoms with Crippen molar-refractivity contribution in [2.45, 2.75) is 44.6 Å². The molecular formula is C12H19N8O14P3. The number of aromatic nitrogens is 2. The first-order chi connectivity index (χ1) is 16.9. The molecular weight excluding hydrogens is 573 g/mol. The number of nitrogens with zero attached hydrogens (tertiary/aromatic N) is 7. The maximum Gasteiger partial charge on any atom is 0.490 e. The van der Waals surface area contributed by atoms with Gasteiger partial charge in [0.2, 0.25) is 5.85 Å². The van der Waals surface area contributed by atoms with Gasteiger partial charge >= 0.3 is 29.2 Å². The van der Waals surface area contributed by atoms with E-state index in [2.05, 4.69) is 33.2 Å². The van der Waals surface area contributed by atoms with Crippen molar-refractivity contribution in [1.29, 1.82) is 0 Å². The van der Waals surface area contributed by atoms with E-state index < -0.39 is 65.6 Å². The van der Waals surface area contributed by atoms with Crippen LogP contribution in [0.15, 0.2) is 26.0 Å². The SMILES string of the molecule is Cc1cn([C@H]2CC(OC(C)(N=[N+]=[N-])N=[N+]=[N-])[C@@H](COP(=O)(O)OP(=O)(O)OP(=O)(O)O)O2)c(=O)[nH]c1=O. The third-order valence-electron chi connectivity index (χ3n) is 4.29. The van der Waals surface area contributed by atoms with E-state index in [1.54, 1.807) is 0 Å². The molecule has 1 aliphatic heterocycles. The van der Waals surface area contributed by atoms with E-state index in [0.717, 1.165) is 17.7 Å². The Balaban J connectivity index is 2.32. The van der Waals surface area contributed by atoms with Crippen LogP contribution in [-0.4, -0.2) is 53.8 Å². The third kappa shape index (κ3) is 9.15. The lowest BCUT2D eigenvalue weighted by Gasteiger charge is -2.26. The van der Waals surface area contributed by atoms with Gasteiger partial charge in [-0.1, -0.05) is 10.2 Å². The summed E-state index contributed by atoms with van der Waals surface area (Å²) in [6.07, 6.45) is -3.17. The Bertz CT molecular complexity index is 1360. The summed E-state index contributed by atoms with van der Waals surface area (Å²) in [5.41, 5.74) is 16.0. The summed E-state index contributed by atoms with van der Waals surface area (Å²) in [7, 11) is -17.0. The molecule has 3 unspecified atom stereocenters. The molecule has 206 valence electrons. The standard InChI is InChI=1S/C12H19N8O14P3/c1-6-4-20(11(22)15-10(6)21)9-3-7(32-12(2,16-18-13)17-19-14)8(31-9)5-30-36(26,27)34-37(28,29)33-35(23,24)25/h4,7-9H,3,5H2,1-2H3,(H,26,27)(H,28,29)(H,15,21,22)(H2,23,24,25)/t7?,8-,9-/m1/s1. The molecule has 5 N–H and O–H groups in total. The van der Waals surface area contributed by atoms with Gasteiger partial charge in [-0.15, -0.1) is 0 Å². The molecule has 2 heterocycles. The number of aryl methyl sites for hydroxylation is 1. The molecule has 0 aromatic carbocycles. The molecule has 0 amide bonds. The predicted molar refractivity (Wildman–Crippen MR) is 116 cm³/mol. The first kappa shape index (κ1) is 30.9. The van der Waals surface area contributed by atoms with E-state index in [-0.39, 0.29) is 12.0 Å². The van der Waals surface area contributed by atoms with Crippen molar-refractivity contribution in [3.63, 3.8) is 0 Å². The van der Waals surface area contributed by atoms with Crippen LogP contribution in [0.2, 0.25) is 0 Å². The normalized spacial score (nSPS) is 24.6. The summed E-state index contributed by atoms with van der Waals surface area (Å²) in [6, 6.07) is 0. The minimum absolute atomic E-state index is 0.102. The van der Waals surface area contributed by atoms with E-state index in [4.69, 9.17) is 30.3 Å². The monoisotopic (exact) mass is 592 g/mol. The van der Waals surface area contributed by atoms with E-state index in [1.807, 2.05) is 4.98 Å². The van der Waals surface area contributed by atoms with E-state index in [9.17, 15) is 33.1 Å². The third-order valence-corrected chi connectivity index (χ3v) is 8.09. The zero-order valence-electron chi connectivity index (χ0n) is 18.6. The van der Waals surface area contributed by atoms with Crippen molar-refractivity contribution in [3.8, 4) is 0 Å². The fourth-order valence-corrected chi connectivity index (χ4v) is 5.97. The van der Waals surface area contributed by atoms with Crippen molar-refractivity contribution in [3.05, 3.63) is 53.5 Å². The molecule has 0 spiro atoms. The predicted octanol–water partition coefficient (Wildman–Crippen LogP) is 1.16. The van der Waals surface area contributed by atoms with Crippen molar-refractivity contribution in [1.82, 2.24) is 9.55 Å². The Labute approximate surface area is 204 Å². The zero-order chi connectivity index (χ0) is 28.2. The summed E-state index contributed by atoms with van der Waals surface area (Å²) >= 11 is 0. The zero-order valence-corrected chi connectivity index (χ0v) is 21.3. The fourth-order valence-electron chi connectivity index (χ4n) is 2.94. The topological polar surface area (TPSA) is 331 Å². The Hall–Kier alpha value is -2.37. The number of phosphoric acid groups is 3. The van der Waals surface area contributed by atoms with Crippen LogP contribution in [0.1, 0.15) is 25.1 Å². The molecule has 1 fully saturated rings. The molecule has 0 saturated carbocycles. The van der Waals surface area contributed by atoms with Gasteiger partial charge in [0.25, 0.3) is 5.56 Å². The van der Waals surface area contributed by atoms with Crippen molar-refractivity contribution < 1.29 is 55.9 Å². The Morgan fingerprint density at radius 3 is 2.30 bits per heavy atom. The van der Waals surface area contributed by atoms with Crippen LogP contribution in [0.3, 0.4) is 0 Å². The molecule has 0 aliphatic carbocycles. The lowest BCUT2D eigenvalue weighted by Crippen LogP contribution is -2.36. The van der Waals surface area contributed by atoms with Crippen LogP contribution < -0.4 is 11.2 Å². The van der Waals surface area contributed by atoms with Gasteiger partial charge in [-0.05, 0) is 24.9 Å². The lowest BCUT2D eigenvalue weighted by atomic mass is 10.2. The molecule has 2 rings (SSSR count). The number of hydrogen-bond acceptors (Lipinski definition) is 12. The summed E-state index contributed by atoms with van der Waals surface area (Å²) in [5, 5.41) is 6.43. The molecule has 37 heavy (non-hydrogen) atoms. The second-order valence-corrected chi connectivity index (χ2v) is 11.6. The first-order valence-electron chi connectivity index (χ1n) is 9.45. The number of hydrogen-bond donors (Lipinski definition) is 5. The van der Waals surface area contributed by atoms with Crippen LogP contribution >= 0.6 is 23.5 Å². The molecule has 1 aromatic heterocycles. The highest BCUT2D eigenvalue weighted by Crippen LogP contribution is 2.66. The number of rotatable bonds is 12. The Kier molecular flexibility index (Phi) is 9.65. The largest absolute Gasteiger partial charge is 0.490 e. The average molecular weight is 592 g/mol. The Morgan fingerprint density at radius 2 is 1.76 bits per heavy atom. The van der Waals surface area contributed by atoms with E-state index in [1.165, 1.54) is 6.92 Å². The van der Waals surface area contributed by atoms with Crippen LogP contribution in [0, 0.1) is 6.92 Å². The Morgan fingerprint density at radius 1 is 1.16 bits per heavy atom. The first-order valence-corrected chi connectivity index (χ1v) is 14.0. The summed E-state index contributed by atoms with van der Waals surface area (Å²) in [4.78, 5) is 67.1. The number of ether oxygens (including phenoxy) is 2. The van der Waals surface area contributed by atoms with Gasteiger partial charge < -0.3 is 29.0 Å². The molecule has 25 heteroatoms. The van der Waals surface area contributed by atoms with Crippen LogP contribution in [0.25, 0.3) is 20.9 Å². The molecule has 0 radical (unpaired) electrons. The quantitative estimate of drug-likeness (QED) is 0.0984. The lowest BCUT2D eigenvalue weighted by molar-refractivity contribution is -0.113. The minimum Gasteiger partial charge on any atom is -0.357 e. The fraction of sp³-hybridized carbons (Fsp3) is 0.667. The maximum absolute atomic E-state index is 12.3. The highest BCUT2D eigenvalue weighted by Gasteiger charge is 2.45. The number of nitrogens with one attached hydrogen (secondary N) is 1.